The molecule has 0 aliphatic rings. The molecule has 1 N–H and O–H groups in total. The molecule has 0 atom stereocenters. The summed E-state index contributed by atoms with van der Waals surface area (Å²) in [4.78, 5) is 11.8. The maximum atomic E-state index is 12.8. The number of benzene rings is 2. The zero-order valence-corrected chi connectivity index (χ0v) is 13.3. The molecule has 0 spiro atoms. The van der Waals surface area contributed by atoms with Crippen molar-refractivity contribution in [3.63, 3.8) is 0 Å². The van der Waals surface area contributed by atoms with Crippen LogP contribution in [0.1, 0.15) is 24.5 Å². The molecule has 2 aromatic carbocycles. The van der Waals surface area contributed by atoms with E-state index in [1.165, 1.54) is 12.1 Å². The van der Waals surface area contributed by atoms with Crippen LogP contribution in [0.5, 0.6) is 5.75 Å². The van der Waals surface area contributed by atoms with Crippen molar-refractivity contribution in [3.8, 4) is 5.75 Å². The predicted molar refractivity (Wildman–Crippen MR) is 89.0 cm³/mol. The molecule has 23 heavy (non-hydrogen) atoms. The Morgan fingerprint density at radius 2 is 1.87 bits per heavy atom. The second-order valence-corrected chi connectivity index (χ2v) is 5.30. The van der Waals surface area contributed by atoms with E-state index in [0.717, 1.165) is 29.7 Å². The van der Waals surface area contributed by atoms with Gasteiger partial charge in [-0.05, 0) is 49.1 Å². The summed E-state index contributed by atoms with van der Waals surface area (Å²) in [5.74, 6) is 0.574. The van der Waals surface area contributed by atoms with E-state index in [0.29, 0.717) is 13.2 Å². The lowest BCUT2D eigenvalue weighted by Gasteiger charge is -2.10. The minimum absolute atomic E-state index is 0.0466. The molecule has 0 unspecified atom stereocenters. The second-order valence-electron chi connectivity index (χ2n) is 5.30. The van der Waals surface area contributed by atoms with Crippen LogP contribution in [0.15, 0.2) is 48.5 Å². The molecule has 2 rings (SSSR count). The molecule has 0 aromatic heterocycles. The SMILES string of the molecule is CCOc1ccccc1CCCNC(=O)Cc1ccc(F)cc1. The average Bonchev–Trinajstić information content (AvgIpc) is 2.55. The lowest BCUT2D eigenvalue weighted by Crippen LogP contribution is -2.26. The predicted octanol–water partition coefficient (Wildman–Crippen LogP) is 3.52. The number of aryl methyl sites for hydroxylation is 1. The molecule has 0 radical (unpaired) electrons. The molecule has 0 saturated heterocycles. The fraction of sp³-hybridized carbons (Fsp3) is 0.316. The van der Waals surface area contributed by atoms with Gasteiger partial charge in [-0.2, -0.15) is 0 Å². The first-order valence-corrected chi connectivity index (χ1v) is 7.91. The van der Waals surface area contributed by atoms with Gasteiger partial charge >= 0.3 is 0 Å². The molecule has 0 bridgehead atoms. The fourth-order valence-corrected chi connectivity index (χ4v) is 2.36. The number of rotatable bonds is 8. The van der Waals surface area contributed by atoms with E-state index in [9.17, 15) is 9.18 Å². The van der Waals surface area contributed by atoms with Crippen molar-refractivity contribution in [1.82, 2.24) is 5.32 Å². The van der Waals surface area contributed by atoms with Crippen LogP contribution in [0.3, 0.4) is 0 Å². The standard InChI is InChI=1S/C19H22FNO2/c1-2-23-18-8-4-3-6-16(18)7-5-13-21-19(22)14-15-9-11-17(20)12-10-15/h3-4,6,8-12H,2,5,7,13-14H2,1H3,(H,21,22). The zero-order chi connectivity index (χ0) is 16.5. The average molecular weight is 315 g/mol. The normalized spacial score (nSPS) is 10.3. The van der Waals surface area contributed by atoms with Crippen LogP contribution in [0.25, 0.3) is 0 Å². The second kappa shape index (κ2) is 8.93. The van der Waals surface area contributed by atoms with Gasteiger partial charge in [-0.15, -0.1) is 0 Å². The number of para-hydroxylation sites is 1. The van der Waals surface area contributed by atoms with Crippen LogP contribution in [0.4, 0.5) is 4.39 Å². The van der Waals surface area contributed by atoms with E-state index in [1.807, 2.05) is 31.2 Å². The van der Waals surface area contributed by atoms with Gasteiger partial charge in [-0.3, -0.25) is 4.79 Å². The highest BCUT2D eigenvalue weighted by Gasteiger charge is 2.05. The number of carbonyl (C=O) groups is 1. The molecule has 0 saturated carbocycles. The first-order valence-electron chi connectivity index (χ1n) is 7.91. The number of amides is 1. The first kappa shape index (κ1) is 17.0. The monoisotopic (exact) mass is 315 g/mol. The smallest absolute Gasteiger partial charge is 0.224 e. The third-order valence-corrected chi connectivity index (χ3v) is 3.50. The van der Waals surface area contributed by atoms with E-state index in [4.69, 9.17) is 4.74 Å². The molecule has 122 valence electrons. The third kappa shape index (κ3) is 5.74. The highest BCUT2D eigenvalue weighted by Crippen LogP contribution is 2.19. The lowest BCUT2D eigenvalue weighted by atomic mass is 10.1. The molecular formula is C19H22FNO2. The van der Waals surface area contributed by atoms with E-state index >= 15 is 0 Å². The molecule has 2 aromatic rings. The Morgan fingerprint density at radius 1 is 1.13 bits per heavy atom. The number of ether oxygens (including phenoxy) is 1. The summed E-state index contributed by atoms with van der Waals surface area (Å²) in [6.07, 6.45) is 1.97. The summed E-state index contributed by atoms with van der Waals surface area (Å²) < 4.78 is 18.4. The minimum Gasteiger partial charge on any atom is -0.494 e. The van der Waals surface area contributed by atoms with Crippen LogP contribution >= 0.6 is 0 Å². The van der Waals surface area contributed by atoms with Crippen LogP contribution in [0, 0.1) is 5.82 Å². The highest BCUT2D eigenvalue weighted by molar-refractivity contribution is 5.78. The summed E-state index contributed by atoms with van der Waals surface area (Å²) in [6.45, 7) is 3.22. The van der Waals surface area contributed by atoms with Crippen molar-refractivity contribution in [3.05, 3.63) is 65.5 Å². The van der Waals surface area contributed by atoms with Crippen molar-refractivity contribution < 1.29 is 13.9 Å². The number of hydrogen-bond acceptors (Lipinski definition) is 2. The number of carbonyl (C=O) groups excluding carboxylic acids is 1. The van der Waals surface area contributed by atoms with E-state index in [2.05, 4.69) is 5.32 Å². The molecule has 0 heterocycles. The van der Waals surface area contributed by atoms with Crippen molar-refractivity contribution in [2.24, 2.45) is 0 Å². The van der Waals surface area contributed by atoms with E-state index in [1.54, 1.807) is 12.1 Å². The minimum atomic E-state index is -0.290. The summed E-state index contributed by atoms with van der Waals surface area (Å²) in [6, 6.07) is 14.0. The summed E-state index contributed by atoms with van der Waals surface area (Å²) in [7, 11) is 0. The fourth-order valence-electron chi connectivity index (χ4n) is 2.36. The van der Waals surface area contributed by atoms with E-state index < -0.39 is 0 Å². The van der Waals surface area contributed by atoms with Gasteiger partial charge in [0.2, 0.25) is 5.91 Å². The van der Waals surface area contributed by atoms with Gasteiger partial charge in [0.1, 0.15) is 11.6 Å². The van der Waals surface area contributed by atoms with Crippen molar-refractivity contribution >= 4 is 5.91 Å². The van der Waals surface area contributed by atoms with Gasteiger partial charge in [0.25, 0.3) is 0 Å². The maximum absolute atomic E-state index is 12.8. The number of nitrogens with one attached hydrogen (secondary N) is 1. The Kier molecular flexibility index (Phi) is 6.60. The Hall–Kier alpha value is -2.36. The molecule has 0 fully saturated rings. The van der Waals surface area contributed by atoms with Gasteiger partial charge in [-0.1, -0.05) is 30.3 Å². The quantitative estimate of drug-likeness (QED) is 0.757. The number of halogens is 1. The van der Waals surface area contributed by atoms with Crippen LogP contribution in [-0.4, -0.2) is 19.1 Å². The van der Waals surface area contributed by atoms with Gasteiger partial charge in [0.05, 0.1) is 13.0 Å². The molecule has 3 nitrogen and oxygen atoms in total. The Balaban J connectivity index is 1.73. The van der Waals surface area contributed by atoms with Crippen LogP contribution in [0.2, 0.25) is 0 Å². The lowest BCUT2D eigenvalue weighted by molar-refractivity contribution is -0.120. The Bertz CT molecular complexity index is 626. The third-order valence-electron chi connectivity index (χ3n) is 3.50. The van der Waals surface area contributed by atoms with Crippen LogP contribution in [-0.2, 0) is 17.6 Å². The van der Waals surface area contributed by atoms with Crippen LogP contribution < -0.4 is 10.1 Å². The van der Waals surface area contributed by atoms with Crippen molar-refractivity contribution in [2.45, 2.75) is 26.2 Å². The zero-order valence-electron chi connectivity index (χ0n) is 13.3. The van der Waals surface area contributed by atoms with Gasteiger partial charge in [0, 0.05) is 6.54 Å². The molecule has 0 aliphatic heterocycles. The molecular weight excluding hydrogens is 293 g/mol. The van der Waals surface area contributed by atoms with Gasteiger partial charge < -0.3 is 10.1 Å². The van der Waals surface area contributed by atoms with Gasteiger partial charge in [0.15, 0.2) is 0 Å². The molecule has 4 heteroatoms. The molecule has 1 amide bonds. The summed E-state index contributed by atoms with van der Waals surface area (Å²) in [5, 5.41) is 2.89. The molecule has 0 aliphatic carbocycles. The Labute approximate surface area is 136 Å². The Morgan fingerprint density at radius 3 is 2.61 bits per heavy atom. The maximum Gasteiger partial charge on any atom is 0.224 e. The summed E-state index contributed by atoms with van der Waals surface area (Å²) >= 11 is 0. The number of hydrogen-bond donors (Lipinski definition) is 1. The van der Waals surface area contributed by atoms with Gasteiger partial charge in [-0.25, -0.2) is 4.39 Å². The highest BCUT2D eigenvalue weighted by atomic mass is 19.1. The largest absolute Gasteiger partial charge is 0.494 e. The van der Waals surface area contributed by atoms with Crippen molar-refractivity contribution in [2.75, 3.05) is 13.2 Å². The summed E-state index contributed by atoms with van der Waals surface area (Å²) in [5.41, 5.74) is 1.97. The van der Waals surface area contributed by atoms with Crippen molar-refractivity contribution in [1.29, 1.82) is 0 Å². The topological polar surface area (TPSA) is 38.3 Å². The first-order chi connectivity index (χ1) is 11.2. The van der Waals surface area contributed by atoms with E-state index in [-0.39, 0.29) is 18.1 Å².